The molecule has 0 bridgehead atoms. The van der Waals surface area contributed by atoms with Crippen LogP contribution in [0.3, 0.4) is 0 Å². The molecule has 3 nitrogen and oxygen atoms in total. The van der Waals surface area contributed by atoms with Crippen molar-refractivity contribution in [2.75, 3.05) is 13.2 Å². The van der Waals surface area contributed by atoms with Crippen molar-refractivity contribution in [3.63, 3.8) is 0 Å². The Labute approximate surface area is 133 Å². The van der Waals surface area contributed by atoms with Crippen LogP contribution in [0.15, 0.2) is 41.8 Å². The third kappa shape index (κ3) is 5.24. The van der Waals surface area contributed by atoms with Crippen LogP contribution in [0.1, 0.15) is 29.2 Å². The van der Waals surface area contributed by atoms with E-state index in [-0.39, 0.29) is 30.7 Å². The van der Waals surface area contributed by atoms with Gasteiger partial charge in [0, 0.05) is 18.0 Å². The van der Waals surface area contributed by atoms with Gasteiger partial charge in [-0.1, -0.05) is 18.2 Å². The van der Waals surface area contributed by atoms with Crippen molar-refractivity contribution in [2.24, 2.45) is 0 Å². The smallest absolute Gasteiger partial charge is 0.224 e. The van der Waals surface area contributed by atoms with E-state index in [1.54, 1.807) is 23.5 Å². The minimum absolute atomic E-state index is 0.0689. The molecule has 2 N–H and O–H groups in total. The maximum Gasteiger partial charge on any atom is 0.224 e. The third-order valence-corrected chi connectivity index (χ3v) is 4.55. The SMILES string of the molecule is O=C(Cc1ccc(F)cc1)NCC[C@@H](CCO)c1cccs1. The van der Waals surface area contributed by atoms with Gasteiger partial charge in [-0.25, -0.2) is 4.39 Å². The van der Waals surface area contributed by atoms with E-state index in [1.165, 1.54) is 17.0 Å². The number of aliphatic hydroxyl groups is 1. The van der Waals surface area contributed by atoms with Gasteiger partial charge in [0.2, 0.25) is 5.91 Å². The van der Waals surface area contributed by atoms with Crippen molar-refractivity contribution in [1.29, 1.82) is 0 Å². The zero-order valence-electron chi connectivity index (χ0n) is 12.3. The maximum absolute atomic E-state index is 12.8. The molecule has 22 heavy (non-hydrogen) atoms. The van der Waals surface area contributed by atoms with Gasteiger partial charge in [0.1, 0.15) is 5.82 Å². The lowest BCUT2D eigenvalue weighted by Gasteiger charge is -2.14. The molecule has 0 aliphatic rings. The topological polar surface area (TPSA) is 49.3 Å². The number of amides is 1. The second-order valence-corrected chi connectivity index (χ2v) is 6.15. The fourth-order valence-corrected chi connectivity index (χ4v) is 3.24. The van der Waals surface area contributed by atoms with Crippen molar-refractivity contribution in [1.82, 2.24) is 5.32 Å². The van der Waals surface area contributed by atoms with Crippen molar-refractivity contribution in [3.05, 3.63) is 58.0 Å². The second kappa shape index (κ2) is 8.66. The van der Waals surface area contributed by atoms with E-state index in [2.05, 4.69) is 11.4 Å². The Balaban J connectivity index is 1.76. The van der Waals surface area contributed by atoms with Crippen LogP contribution in [0.2, 0.25) is 0 Å². The van der Waals surface area contributed by atoms with E-state index in [1.807, 2.05) is 11.4 Å². The third-order valence-electron chi connectivity index (χ3n) is 3.52. The number of aliphatic hydroxyl groups excluding tert-OH is 1. The summed E-state index contributed by atoms with van der Waals surface area (Å²) in [7, 11) is 0. The van der Waals surface area contributed by atoms with E-state index in [9.17, 15) is 9.18 Å². The van der Waals surface area contributed by atoms with E-state index in [4.69, 9.17) is 5.11 Å². The lowest BCUT2D eigenvalue weighted by molar-refractivity contribution is -0.120. The number of hydrogen-bond donors (Lipinski definition) is 2. The van der Waals surface area contributed by atoms with Crippen LogP contribution in [0.5, 0.6) is 0 Å². The summed E-state index contributed by atoms with van der Waals surface area (Å²) in [4.78, 5) is 13.1. The molecule has 0 saturated heterocycles. The van der Waals surface area contributed by atoms with E-state index >= 15 is 0 Å². The van der Waals surface area contributed by atoms with Crippen LogP contribution in [0.25, 0.3) is 0 Å². The highest BCUT2D eigenvalue weighted by Crippen LogP contribution is 2.26. The molecule has 0 saturated carbocycles. The largest absolute Gasteiger partial charge is 0.396 e. The summed E-state index contributed by atoms with van der Waals surface area (Å²) in [5.41, 5.74) is 0.795. The van der Waals surface area contributed by atoms with E-state index in [0.717, 1.165) is 12.0 Å². The number of carbonyl (C=O) groups excluding carboxylic acids is 1. The van der Waals surface area contributed by atoms with Gasteiger partial charge in [0.25, 0.3) is 0 Å². The summed E-state index contributed by atoms with van der Waals surface area (Å²) in [5, 5.41) is 14.1. The summed E-state index contributed by atoms with van der Waals surface area (Å²) in [6.45, 7) is 0.717. The normalized spacial score (nSPS) is 12.1. The summed E-state index contributed by atoms with van der Waals surface area (Å²) in [6.07, 6.45) is 1.76. The maximum atomic E-state index is 12.8. The minimum Gasteiger partial charge on any atom is -0.396 e. The molecule has 1 atom stereocenters. The molecule has 1 aromatic carbocycles. The standard InChI is InChI=1S/C17H20FNO2S/c18-15-5-3-13(4-6-15)12-17(21)19-9-7-14(8-10-20)16-2-1-11-22-16/h1-6,11,14,20H,7-10,12H2,(H,19,21)/t14-/m0/s1. The molecule has 1 amide bonds. The highest BCUT2D eigenvalue weighted by molar-refractivity contribution is 7.10. The van der Waals surface area contributed by atoms with Gasteiger partial charge in [-0.2, -0.15) is 0 Å². The number of carbonyl (C=O) groups is 1. The molecular weight excluding hydrogens is 301 g/mol. The van der Waals surface area contributed by atoms with E-state index in [0.29, 0.717) is 13.0 Å². The van der Waals surface area contributed by atoms with Crippen LogP contribution in [0, 0.1) is 5.82 Å². The molecule has 0 aliphatic heterocycles. The minimum atomic E-state index is -0.299. The van der Waals surface area contributed by atoms with Crippen LogP contribution < -0.4 is 5.32 Å². The van der Waals surface area contributed by atoms with Crippen molar-refractivity contribution in [2.45, 2.75) is 25.2 Å². The molecule has 0 aliphatic carbocycles. The zero-order chi connectivity index (χ0) is 15.8. The Morgan fingerprint density at radius 1 is 1.23 bits per heavy atom. The first-order valence-corrected chi connectivity index (χ1v) is 8.22. The Morgan fingerprint density at radius 3 is 2.64 bits per heavy atom. The van der Waals surface area contributed by atoms with Gasteiger partial charge in [0.15, 0.2) is 0 Å². The first-order valence-electron chi connectivity index (χ1n) is 7.34. The number of halogens is 1. The molecular formula is C17H20FNO2S. The van der Waals surface area contributed by atoms with Crippen molar-refractivity contribution < 1.29 is 14.3 Å². The van der Waals surface area contributed by atoms with Crippen LogP contribution >= 0.6 is 11.3 Å². The molecule has 118 valence electrons. The van der Waals surface area contributed by atoms with Gasteiger partial charge >= 0.3 is 0 Å². The Bertz CT molecular complexity index is 569. The molecule has 1 aromatic heterocycles. The van der Waals surface area contributed by atoms with Crippen molar-refractivity contribution in [3.8, 4) is 0 Å². The fourth-order valence-electron chi connectivity index (χ4n) is 2.34. The summed E-state index contributed by atoms with van der Waals surface area (Å²) >= 11 is 1.67. The first kappa shape index (κ1) is 16.6. The highest BCUT2D eigenvalue weighted by Gasteiger charge is 2.12. The van der Waals surface area contributed by atoms with Crippen LogP contribution in [0.4, 0.5) is 4.39 Å². The summed E-state index contributed by atoms with van der Waals surface area (Å²) in [6, 6.07) is 10.0. The van der Waals surface area contributed by atoms with Gasteiger partial charge in [-0.05, 0) is 47.9 Å². The van der Waals surface area contributed by atoms with Gasteiger partial charge < -0.3 is 10.4 Å². The molecule has 0 fully saturated rings. The molecule has 5 heteroatoms. The lowest BCUT2D eigenvalue weighted by atomic mass is 10.00. The molecule has 0 unspecified atom stereocenters. The number of hydrogen-bond acceptors (Lipinski definition) is 3. The Kier molecular flexibility index (Phi) is 6.55. The molecule has 2 aromatic rings. The molecule has 2 rings (SSSR count). The van der Waals surface area contributed by atoms with Gasteiger partial charge in [-0.15, -0.1) is 11.3 Å². The number of benzene rings is 1. The van der Waals surface area contributed by atoms with Crippen LogP contribution in [-0.2, 0) is 11.2 Å². The first-order chi connectivity index (χ1) is 10.7. The predicted molar refractivity (Wildman–Crippen MR) is 86.5 cm³/mol. The summed E-state index contributed by atoms with van der Waals surface area (Å²) < 4.78 is 12.8. The molecule has 0 radical (unpaired) electrons. The van der Waals surface area contributed by atoms with Crippen molar-refractivity contribution >= 4 is 17.2 Å². The number of nitrogens with one attached hydrogen (secondary N) is 1. The number of rotatable bonds is 8. The second-order valence-electron chi connectivity index (χ2n) is 5.17. The quantitative estimate of drug-likeness (QED) is 0.785. The predicted octanol–water partition coefficient (Wildman–Crippen LogP) is 3.10. The highest BCUT2D eigenvalue weighted by atomic mass is 32.1. The molecule has 1 heterocycles. The lowest BCUT2D eigenvalue weighted by Crippen LogP contribution is -2.27. The monoisotopic (exact) mass is 321 g/mol. The molecule has 0 spiro atoms. The fraction of sp³-hybridized carbons (Fsp3) is 0.353. The average molecular weight is 321 g/mol. The summed E-state index contributed by atoms with van der Waals surface area (Å²) in [5.74, 6) is -0.0939. The average Bonchev–Trinajstić information content (AvgIpc) is 3.03. The van der Waals surface area contributed by atoms with E-state index < -0.39 is 0 Å². The zero-order valence-corrected chi connectivity index (χ0v) is 13.1. The van der Waals surface area contributed by atoms with Gasteiger partial charge in [0.05, 0.1) is 6.42 Å². The Morgan fingerprint density at radius 2 is 2.00 bits per heavy atom. The van der Waals surface area contributed by atoms with Gasteiger partial charge in [-0.3, -0.25) is 4.79 Å². The van der Waals surface area contributed by atoms with Crippen LogP contribution in [-0.4, -0.2) is 24.2 Å². The Hall–Kier alpha value is -1.72. The number of thiophene rings is 1.